The third-order valence-corrected chi connectivity index (χ3v) is 3.57. The molecule has 134 valence electrons. The summed E-state index contributed by atoms with van der Waals surface area (Å²) in [7, 11) is 0. The summed E-state index contributed by atoms with van der Waals surface area (Å²) in [6.07, 6.45) is 25.4. The summed E-state index contributed by atoms with van der Waals surface area (Å²) >= 11 is 0. The maximum absolute atomic E-state index is 10.0. The van der Waals surface area contributed by atoms with Gasteiger partial charge in [0, 0.05) is 6.42 Å². The van der Waals surface area contributed by atoms with Crippen molar-refractivity contribution in [2.24, 2.45) is 0 Å². The molecule has 0 fully saturated rings. The maximum Gasteiger partial charge on any atom is 0.142 e. The van der Waals surface area contributed by atoms with Crippen LogP contribution >= 0.6 is 0 Å². The molecule has 0 radical (unpaired) electrons. The van der Waals surface area contributed by atoms with Crippen LogP contribution in [0.25, 0.3) is 0 Å². The van der Waals surface area contributed by atoms with E-state index in [1.165, 1.54) is 63.9 Å². The number of hydrogen-bond acceptors (Lipinski definition) is 2. The SMILES string of the molecule is CCC/C=C/C=C\C=O.CCCCCCCCCCCCC=O. The Balaban J connectivity index is 0. The van der Waals surface area contributed by atoms with Gasteiger partial charge in [0.05, 0.1) is 0 Å². The molecule has 0 spiro atoms. The van der Waals surface area contributed by atoms with Gasteiger partial charge in [0.25, 0.3) is 0 Å². The summed E-state index contributed by atoms with van der Waals surface area (Å²) in [6, 6.07) is 0. The van der Waals surface area contributed by atoms with Crippen molar-refractivity contribution in [2.45, 2.75) is 97.3 Å². The molecular weight excluding hydrogens is 284 g/mol. The van der Waals surface area contributed by atoms with E-state index in [1.807, 2.05) is 12.2 Å². The fourth-order valence-electron chi connectivity index (χ4n) is 2.17. The van der Waals surface area contributed by atoms with Crippen LogP contribution < -0.4 is 0 Å². The average molecular weight is 323 g/mol. The Hall–Kier alpha value is -1.18. The van der Waals surface area contributed by atoms with E-state index >= 15 is 0 Å². The largest absolute Gasteiger partial charge is 0.303 e. The molecule has 2 heteroatoms. The third kappa shape index (κ3) is 29.5. The number of unbranched alkanes of at least 4 members (excludes halogenated alkanes) is 11. The van der Waals surface area contributed by atoms with Gasteiger partial charge in [-0.25, -0.2) is 0 Å². The van der Waals surface area contributed by atoms with Crippen molar-refractivity contribution in [3.05, 3.63) is 24.3 Å². The number of aldehydes is 2. The summed E-state index contributed by atoms with van der Waals surface area (Å²) in [4.78, 5) is 19.8. The number of rotatable bonds is 15. The van der Waals surface area contributed by atoms with Gasteiger partial charge in [-0.05, 0) is 18.9 Å². The zero-order valence-electron chi connectivity index (χ0n) is 15.5. The molecule has 0 saturated heterocycles. The molecule has 0 aliphatic rings. The second-order valence-electron chi connectivity index (χ2n) is 5.88. The molecule has 0 N–H and O–H groups in total. The van der Waals surface area contributed by atoms with Gasteiger partial charge in [-0.15, -0.1) is 0 Å². The lowest BCUT2D eigenvalue weighted by Gasteiger charge is -2.00. The van der Waals surface area contributed by atoms with Crippen LogP contribution in [0.2, 0.25) is 0 Å². The van der Waals surface area contributed by atoms with Gasteiger partial charge in [0.1, 0.15) is 12.6 Å². The van der Waals surface area contributed by atoms with Gasteiger partial charge in [0.15, 0.2) is 0 Å². The molecule has 0 saturated carbocycles. The van der Waals surface area contributed by atoms with Gasteiger partial charge in [-0.1, -0.05) is 96.3 Å². The Labute approximate surface area is 144 Å². The predicted molar refractivity (Wildman–Crippen MR) is 102 cm³/mol. The summed E-state index contributed by atoms with van der Waals surface area (Å²) in [5, 5.41) is 0. The number of carbonyl (C=O) groups excluding carboxylic acids is 2. The van der Waals surface area contributed by atoms with Crippen molar-refractivity contribution in [3.8, 4) is 0 Å². The van der Waals surface area contributed by atoms with Crippen molar-refractivity contribution >= 4 is 12.6 Å². The molecule has 0 aromatic carbocycles. The number of allylic oxidation sites excluding steroid dienone is 4. The van der Waals surface area contributed by atoms with Crippen molar-refractivity contribution in [1.82, 2.24) is 0 Å². The Kier molecular flexibility index (Phi) is 27.0. The highest BCUT2D eigenvalue weighted by Crippen LogP contribution is 2.10. The van der Waals surface area contributed by atoms with Crippen molar-refractivity contribution in [2.75, 3.05) is 0 Å². The molecular formula is C21H38O2. The summed E-state index contributed by atoms with van der Waals surface area (Å²) in [5.41, 5.74) is 0. The minimum atomic E-state index is 0.760. The molecule has 0 atom stereocenters. The molecule has 23 heavy (non-hydrogen) atoms. The molecule has 0 rings (SSSR count). The van der Waals surface area contributed by atoms with Gasteiger partial charge in [-0.3, -0.25) is 4.79 Å². The van der Waals surface area contributed by atoms with E-state index in [0.29, 0.717) is 0 Å². The van der Waals surface area contributed by atoms with Crippen molar-refractivity contribution in [1.29, 1.82) is 0 Å². The Bertz CT molecular complexity index is 280. The topological polar surface area (TPSA) is 34.1 Å². The Morgan fingerprint density at radius 3 is 1.61 bits per heavy atom. The van der Waals surface area contributed by atoms with E-state index in [-0.39, 0.29) is 0 Å². The lowest BCUT2D eigenvalue weighted by atomic mass is 10.1. The van der Waals surface area contributed by atoms with E-state index < -0.39 is 0 Å². The van der Waals surface area contributed by atoms with Crippen LogP contribution in [0, 0.1) is 0 Å². The summed E-state index contributed by atoms with van der Waals surface area (Å²) in [5.74, 6) is 0. The van der Waals surface area contributed by atoms with E-state index in [1.54, 1.807) is 6.08 Å². The highest BCUT2D eigenvalue weighted by molar-refractivity contribution is 5.65. The van der Waals surface area contributed by atoms with Crippen LogP contribution in [-0.4, -0.2) is 12.6 Å². The number of hydrogen-bond donors (Lipinski definition) is 0. The van der Waals surface area contributed by atoms with E-state index in [2.05, 4.69) is 13.8 Å². The molecule has 0 heterocycles. The first-order chi connectivity index (χ1) is 11.3. The highest BCUT2D eigenvalue weighted by Gasteiger charge is 1.91. The predicted octanol–water partition coefficient (Wildman–Crippen LogP) is 6.59. The molecule has 0 aromatic rings. The fraction of sp³-hybridized carbons (Fsp3) is 0.714. The van der Waals surface area contributed by atoms with Gasteiger partial charge >= 0.3 is 0 Å². The van der Waals surface area contributed by atoms with Gasteiger partial charge in [-0.2, -0.15) is 0 Å². The van der Waals surface area contributed by atoms with Crippen LogP contribution in [0.5, 0.6) is 0 Å². The highest BCUT2D eigenvalue weighted by atomic mass is 16.1. The fourth-order valence-corrected chi connectivity index (χ4v) is 2.17. The quantitative estimate of drug-likeness (QED) is 0.147. The van der Waals surface area contributed by atoms with Crippen molar-refractivity contribution < 1.29 is 9.59 Å². The van der Waals surface area contributed by atoms with Crippen LogP contribution in [0.4, 0.5) is 0 Å². The van der Waals surface area contributed by atoms with E-state index in [9.17, 15) is 9.59 Å². The Morgan fingerprint density at radius 2 is 1.13 bits per heavy atom. The summed E-state index contributed by atoms with van der Waals surface area (Å²) < 4.78 is 0. The number of carbonyl (C=O) groups is 2. The van der Waals surface area contributed by atoms with Crippen LogP contribution in [0.3, 0.4) is 0 Å². The van der Waals surface area contributed by atoms with Gasteiger partial charge < -0.3 is 4.79 Å². The van der Waals surface area contributed by atoms with E-state index in [0.717, 1.165) is 38.3 Å². The van der Waals surface area contributed by atoms with Crippen LogP contribution in [0.1, 0.15) is 97.3 Å². The second kappa shape index (κ2) is 25.8. The maximum atomic E-state index is 10.0. The lowest BCUT2D eigenvalue weighted by Crippen LogP contribution is -1.82. The minimum Gasteiger partial charge on any atom is -0.303 e. The monoisotopic (exact) mass is 322 g/mol. The molecule has 0 unspecified atom stereocenters. The van der Waals surface area contributed by atoms with Crippen LogP contribution in [0.15, 0.2) is 24.3 Å². The smallest absolute Gasteiger partial charge is 0.142 e. The molecule has 0 aliphatic carbocycles. The Morgan fingerprint density at radius 1 is 0.565 bits per heavy atom. The second-order valence-corrected chi connectivity index (χ2v) is 5.88. The van der Waals surface area contributed by atoms with Gasteiger partial charge in [0.2, 0.25) is 0 Å². The molecule has 0 aromatic heterocycles. The van der Waals surface area contributed by atoms with E-state index in [4.69, 9.17) is 0 Å². The summed E-state index contributed by atoms with van der Waals surface area (Å²) in [6.45, 7) is 4.38. The molecule has 0 aliphatic heterocycles. The minimum absolute atomic E-state index is 0.760. The zero-order chi connectivity index (χ0) is 17.4. The van der Waals surface area contributed by atoms with Crippen molar-refractivity contribution in [3.63, 3.8) is 0 Å². The zero-order valence-corrected chi connectivity index (χ0v) is 15.5. The first kappa shape index (κ1) is 24.1. The average Bonchev–Trinajstić information content (AvgIpc) is 2.57. The molecule has 0 amide bonds. The normalized spacial score (nSPS) is 10.7. The van der Waals surface area contributed by atoms with Crippen LogP contribution in [-0.2, 0) is 9.59 Å². The third-order valence-electron chi connectivity index (χ3n) is 3.57. The molecule has 2 nitrogen and oxygen atoms in total. The lowest BCUT2D eigenvalue weighted by molar-refractivity contribution is -0.108. The first-order valence-corrected chi connectivity index (χ1v) is 9.54. The standard InChI is InChI=1S/C13H26O.C8H12O/c1-2-3-4-5-6-7-8-9-10-11-12-13-14;1-2-3-4-5-6-7-8-9/h13H,2-12H2,1H3;4-8H,2-3H2,1H3/b;5-4+,7-6-. The first-order valence-electron chi connectivity index (χ1n) is 9.54. The molecule has 0 bridgehead atoms.